The molecule has 128 valence electrons. The van der Waals surface area contributed by atoms with Gasteiger partial charge in [-0.05, 0) is 23.8 Å². The maximum Gasteiger partial charge on any atom is 0.128 e. The number of phenolic OH excluding ortho intramolecular Hbond substituents is 1. The second-order valence-corrected chi connectivity index (χ2v) is 6.00. The SMILES string of the molecule is COc1cccc(O)c1C(OCc1ccccc1)c1ccccc1Cl. The summed E-state index contributed by atoms with van der Waals surface area (Å²) in [6, 6.07) is 22.5. The lowest BCUT2D eigenvalue weighted by Gasteiger charge is -2.23. The third-order valence-corrected chi connectivity index (χ3v) is 4.32. The second-order valence-electron chi connectivity index (χ2n) is 5.59. The average Bonchev–Trinajstić information content (AvgIpc) is 2.65. The molecule has 0 aromatic heterocycles. The molecule has 3 aromatic rings. The third-order valence-electron chi connectivity index (χ3n) is 3.97. The van der Waals surface area contributed by atoms with Gasteiger partial charge in [0, 0.05) is 10.6 Å². The maximum atomic E-state index is 10.4. The van der Waals surface area contributed by atoms with E-state index in [0.29, 0.717) is 22.9 Å². The van der Waals surface area contributed by atoms with Gasteiger partial charge in [-0.25, -0.2) is 0 Å². The number of halogens is 1. The van der Waals surface area contributed by atoms with Gasteiger partial charge in [0.05, 0.1) is 19.3 Å². The second kappa shape index (κ2) is 8.06. The number of aromatic hydroxyl groups is 1. The molecule has 0 aliphatic rings. The standard InChI is InChI=1S/C21H19ClO3/c1-24-19-13-7-12-18(23)20(19)21(16-10-5-6-11-17(16)22)25-14-15-8-3-2-4-9-15/h2-13,21,23H,14H2,1H3. The molecule has 0 aliphatic carbocycles. The minimum atomic E-state index is -0.551. The van der Waals surface area contributed by atoms with Gasteiger partial charge in [0.15, 0.2) is 0 Å². The number of benzene rings is 3. The van der Waals surface area contributed by atoms with E-state index < -0.39 is 6.10 Å². The monoisotopic (exact) mass is 354 g/mol. The van der Waals surface area contributed by atoms with Crippen molar-refractivity contribution in [2.75, 3.05) is 7.11 Å². The normalized spacial score (nSPS) is 11.9. The van der Waals surface area contributed by atoms with E-state index in [9.17, 15) is 5.11 Å². The lowest BCUT2D eigenvalue weighted by atomic mass is 9.99. The van der Waals surface area contributed by atoms with E-state index >= 15 is 0 Å². The van der Waals surface area contributed by atoms with E-state index in [-0.39, 0.29) is 5.75 Å². The molecule has 0 amide bonds. The molecule has 0 saturated heterocycles. The predicted octanol–water partition coefficient (Wildman–Crippen LogP) is 5.36. The fraction of sp³-hybridized carbons (Fsp3) is 0.143. The number of phenols is 1. The van der Waals surface area contributed by atoms with Gasteiger partial charge in [-0.2, -0.15) is 0 Å². The first kappa shape index (κ1) is 17.3. The number of ether oxygens (including phenoxy) is 2. The van der Waals surface area contributed by atoms with Crippen molar-refractivity contribution in [3.8, 4) is 11.5 Å². The van der Waals surface area contributed by atoms with Gasteiger partial charge in [0.2, 0.25) is 0 Å². The lowest BCUT2D eigenvalue weighted by Crippen LogP contribution is -2.09. The average molecular weight is 355 g/mol. The molecule has 1 N–H and O–H groups in total. The van der Waals surface area contributed by atoms with Gasteiger partial charge in [-0.3, -0.25) is 0 Å². The van der Waals surface area contributed by atoms with Gasteiger partial charge in [-0.15, -0.1) is 0 Å². The summed E-state index contributed by atoms with van der Waals surface area (Å²) in [5, 5.41) is 11.0. The van der Waals surface area contributed by atoms with Gasteiger partial charge in [0.25, 0.3) is 0 Å². The fourth-order valence-electron chi connectivity index (χ4n) is 2.74. The highest BCUT2D eigenvalue weighted by Gasteiger charge is 2.24. The van der Waals surface area contributed by atoms with E-state index in [1.807, 2.05) is 54.6 Å². The molecule has 0 bridgehead atoms. The van der Waals surface area contributed by atoms with Crippen LogP contribution >= 0.6 is 11.6 Å². The van der Waals surface area contributed by atoms with Crippen LogP contribution in [0.1, 0.15) is 22.8 Å². The Labute approximate surface area is 152 Å². The summed E-state index contributed by atoms with van der Waals surface area (Å²) < 4.78 is 11.6. The summed E-state index contributed by atoms with van der Waals surface area (Å²) in [5.41, 5.74) is 2.38. The molecular formula is C21H19ClO3. The zero-order chi connectivity index (χ0) is 17.6. The number of methoxy groups -OCH3 is 1. The van der Waals surface area contributed by atoms with Crippen LogP contribution < -0.4 is 4.74 Å². The van der Waals surface area contributed by atoms with E-state index in [1.54, 1.807) is 25.3 Å². The minimum absolute atomic E-state index is 0.109. The lowest BCUT2D eigenvalue weighted by molar-refractivity contribution is 0.0635. The zero-order valence-electron chi connectivity index (χ0n) is 13.9. The van der Waals surface area contributed by atoms with Crippen molar-refractivity contribution in [1.82, 2.24) is 0 Å². The number of hydrogen-bond acceptors (Lipinski definition) is 3. The molecule has 0 saturated carbocycles. The zero-order valence-corrected chi connectivity index (χ0v) is 14.6. The highest BCUT2D eigenvalue weighted by atomic mass is 35.5. The van der Waals surface area contributed by atoms with E-state index in [1.165, 1.54) is 0 Å². The molecule has 0 heterocycles. The van der Waals surface area contributed by atoms with Crippen LogP contribution in [0.15, 0.2) is 72.8 Å². The molecule has 3 aromatic carbocycles. The highest BCUT2D eigenvalue weighted by molar-refractivity contribution is 6.31. The van der Waals surface area contributed by atoms with Crippen LogP contribution in [0.25, 0.3) is 0 Å². The predicted molar refractivity (Wildman–Crippen MR) is 99.2 cm³/mol. The van der Waals surface area contributed by atoms with Crippen molar-refractivity contribution in [3.05, 3.63) is 94.5 Å². The van der Waals surface area contributed by atoms with Crippen LogP contribution in [0.5, 0.6) is 11.5 Å². The van der Waals surface area contributed by atoms with Gasteiger partial charge in [-0.1, -0.05) is 66.2 Å². The first-order valence-corrected chi connectivity index (χ1v) is 8.34. The van der Waals surface area contributed by atoms with Gasteiger partial charge < -0.3 is 14.6 Å². The Balaban J connectivity index is 2.02. The summed E-state index contributed by atoms with van der Waals surface area (Å²) in [7, 11) is 1.57. The molecule has 0 aliphatic heterocycles. The van der Waals surface area contributed by atoms with E-state index in [2.05, 4.69) is 0 Å². The van der Waals surface area contributed by atoms with E-state index in [0.717, 1.165) is 11.1 Å². The van der Waals surface area contributed by atoms with E-state index in [4.69, 9.17) is 21.1 Å². The van der Waals surface area contributed by atoms with Crippen LogP contribution in [0, 0.1) is 0 Å². The third kappa shape index (κ3) is 3.95. The van der Waals surface area contributed by atoms with Crippen LogP contribution in [0.4, 0.5) is 0 Å². The summed E-state index contributed by atoms with van der Waals surface area (Å²) in [5.74, 6) is 0.662. The maximum absolute atomic E-state index is 10.4. The largest absolute Gasteiger partial charge is 0.507 e. The van der Waals surface area contributed by atoms with Gasteiger partial charge in [0.1, 0.15) is 17.6 Å². The fourth-order valence-corrected chi connectivity index (χ4v) is 2.98. The molecule has 0 fully saturated rings. The topological polar surface area (TPSA) is 38.7 Å². The Morgan fingerprint density at radius 3 is 2.36 bits per heavy atom. The summed E-state index contributed by atoms with van der Waals surface area (Å²) in [4.78, 5) is 0. The van der Waals surface area contributed by atoms with Crippen molar-refractivity contribution in [2.24, 2.45) is 0 Å². The summed E-state index contributed by atoms with van der Waals surface area (Å²) in [6.07, 6.45) is -0.551. The molecule has 1 unspecified atom stereocenters. The van der Waals surface area contributed by atoms with Crippen LogP contribution in [-0.4, -0.2) is 12.2 Å². The molecule has 3 nitrogen and oxygen atoms in total. The first-order chi connectivity index (χ1) is 12.2. The highest BCUT2D eigenvalue weighted by Crippen LogP contribution is 2.41. The Morgan fingerprint density at radius 2 is 1.64 bits per heavy atom. The van der Waals surface area contributed by atoms with Crippen molar-refractivity contribution in [1.29, 1.82) is 0 Å². The van der Waals surface area contributed by atoms with Crippen molar-refractivity contribution in [3.63, 3.8) is 0 Å². The van der Waals surface area contributed by atoms with Crippen molar-refractivity contribution in [2.45, 2.75) is 12.7 Å². The molecule has 1 atom stereocenters. The summed E-state index contributed by atoms with van der Waals surface area (Å²) in [6.45, 7) is 0.383. The Bertz CT molecular complexity index is 834. The van der Waals surface area contributed by atoms with Crippen LogP contribution in [0.3, 0.4) is 0 Å². The molecule has 3 rings (SSSR count). The molecule has 4 heteroatoms. The minimum Gasteiger partial charge on any atom is -0.507 e. The quantitative estimate of drug-likeness (QED) is 0.647. The van der Waals surface area contributed by atoms with Crippen molar-refractivity contribution >= 4 is 11.6 Å². The van der Waals surface area contributed by atoms with Crippen LogP contribution in [-0.2, 0) is 11.3 Å². The number of hydrogen-bond donors (Lipinski definition) is 1. The molecule has 25 heavy (non-hydrogen) atoms. The molecule has 0 spiro atoms. The van der Waals surface area contributed by atoms with Crippen LogP contribution in [0.2, 0.25) is 5.02 Å². The van der Waals surface area contributed by atoms with Gasteiger partial charge >= 0.3 is 0 Å². The molecular weight excluding hydrogens is 336 g/mol. The first-order valence-electron chi connectivity index (χ1n) is 7.96. The Hall–Kier alpha value is -2.49. The molecule has 0 radical (unpaired) electrons. The van der Waals surface area contributed by atoms with Crippen molar-refractivity contribution < 1.29 is 14.6 Å². The smallest absolute Gasteiger partial charge is 0.128 e. The summed E-state index contributed by atoms with van der Waals surface area (Å²) >= 11 is 6.40. The number of rotatable bonds is 6. The Morgan fingerprint density at radius 1 is 0.920 bits per heavy atom. The Kier molecular flexibility index (Phi) is 5.59.